The van der Waals surface area contributed by atoms with Gasteiger partial charge in [-0.05, 0) is 36.4 Å². The van der Waals surface area contributed by atoms with Crippen molar-refractivity contribution >= 4 is 28.3 Å². The molecule has 3 heterocycles. The number of halogens is 1. The van der Waals surface area contributed by atoms with Crippen LogP contribution in [0.3, 0.4) is 0 Å². The first-order valence-electron chi connectivity index (χ1n) is 7.55. The second-order valence-electron chi connectivity index (χ2n) is 5.67. The van der Waals surface area contributed by atoms with Gasteiger partial charge in [0, 0.05) is 19.2 Å². The van der Waals surface area contributed by atoms with E-state index in [0.29, 0.717) is 18.6 Å². The van der Waals surface area contributed by atoms with Gasteiger partial charge in [-0.1, -0.05) is 11.3 Å². The molecule has 1 aromatic carbocycles. The van der Waals surface area contributed by atoms with Crippen molar-refractivity contribution in [3.05, 3.63) is 46.4 Å². The van der Waals surface area contributed by atoms with Gasteiger partial charge < -0.3 is 4.90 Å². The summed E-state index contributed by atoms with van der Waals surface area (Å²) in [5.74, 6) is -0.204. The van der Waals surface area contributed by atoms with Crippen molar-refractivity contribution in [3.63, 3.8) is 0 Å². The average Bonchev–Trinajstić information content (AvgIpc) is 3.23. The lowest BCUT2D eigenvalue weighted by Crippen LogP contribution is -2.38. The first kappa shape index (κ1) is 14.3. The molecule has 1 fully saturated rings. The number of nitrogens with zero attached hydrogens (tertiary/aromatic N) is 4. The molecular formula is C16H15FN4OS. The van der Waals surface area contributed by atoms with Crippen LogP contribution in [0.2, 0.25) is 0 Å². The largest absolute Gasteiger partial charge is 0.338 e. The van der Waals surface area contributed by atoms with Gasteiger partial charge in [0.05, 0.1) is 16.4 Å². The summed E-state index contributed by atoms with van der Waals surface area (Å²) in [6.07, 6.45) is 1.65. The van der Waals surface area contributed by atoms with Gasteiger partial charge in [-0.3, -0.25) is 4.79 Å². The van der Waals surface area contributed by atoms with Crippen LogP contribution in [0.4, 0.5) is 4.39 Å². The van der Waals surface area contributed by atoms with Crippen LogP contribution in [0.25, 0.3) is 11.0 Å². The summed E-state index contributed by atoms with van der Waals surface area (Å²) in [5, 5.41) is 10.1. The van der Waals surface area contributed by atoms with Crippen LogP contribution in [-0.4, -0.2) is 38.9 Å². The zero-order valence-electron chi connectivity index (χ0n) is 12.4. The smallest absolute Gasteiger partial charge is 0.263 e. The summed E-state index contributed by atoms with van der Waals surface area (Å²) in [6.45, 7) is 1.40. The third-order valence-corrected chi connectivity index (χ3v) is 5.12. The van der Waals surface area contributed by atoms with Crippen LogP contribution in [0.15, 0.2) is 35.7 Å². The number of carbonyl (C=O) groups is 1. The lowest BCUT2D eigenvalue weighted by atomic mass is 10.0. The van der Waals surface area contributed by atoms with Crippen LogP contribution in [-0.2, 0) is 0 Å². The maximum Gasteiger partial charge on any atom is 0.263 e. The Labute approximate surface area is 136 Å². The predicted molar refractivity (Wildman–Crippen MR) is 86.0 cm³/mol. The summed E-state index contributed by atoms with van der Waals surface area (Å²) in [5.41, 5.74) is 1.41. The minimum absolute atomic E-state index is 0.101. The van der Waals surface area contributed by atoms with E-state index >= 15 is 0 Å². The number of benzene rings is 1. The molecule has 0 N–H and O–H groups in total. The quantitative estimate of drug-likeness (QED) is 0.725. The van der Waals surface area contributed by atoms with Gasteiger partial charge in [0.15, 0.2) is 0 Å². The van der Waals surface area contributed by atoms with Gasteiger partial charge in [0.25, 0.3) is 5.91 Å². The van der Waals surface area contributed by atoms with Crippen molar-refractivity contribution in [2.45, 2.75) is 18.9 Å². The molecule has 1 aliphatic heterocycles. The molecule has 7 heteroatoms. The number of carbonyl (C=O) groups excluding carboxylic acids is 1. The Morgan fingerprint density at radius 3 is 2.83 bits per heavy atom. The number of likely N-dealkylation sites (tertiary alicyclic amines) is 1. The fourth-order valence-electron chi connectivity index (χ4n) is 3.05. The molecule has 4 rings (SSSR count). The van der Waals surface area contributed by atoms with Crippen molar-refractivity contribution < 1.29 is 9.18 Å². The maximum absolute atomic E-state index is 13.2. The topological polar surface area (TPSA) is 51.0 Å². The number of aromatic nitrogens is 3. The zero-order chi connectivity index (χ0) is 15.8. The van der Waals surface area contributed by atoms with E-state index in [4.69, 9.17) is 0 Å². The molecule has 0 spiro atoms. The Hall–Kier alpha value is -2.28. The van der Waals surface area contributed by atoms with Crippen LogP contribution >= 0.6 is 11.3 Å². The van der Waals surface area contributed by atoms with Crippen LogP contribution in [0.1, 0.15) is 28.6 Å². The highest BCUT2D eigenvalue weighted by Crippen LogP contribution is 2.26. The SMILES string of the molecule is O=C(c1cccs1)N1CCC(n2nnc3cc(F)ccc32)CC1. The first-order chi connectivity index (χ1) is 11.2. The van der Waals surface area contributed by atoms with E-state index in [2.05, 4.69) is 10.3 Å². The highest BCUT2D eigenvalue weighted by atomic mass is 32.1. The first-order valence-corrected chi connectivity index (χ1v) is 8.43. The minimum Gasteiger partial charge on any atom is -0.338 e. The molecule has 118 valence electrons. The van der Waals surface area contributed by atoms with Crippen LogP contribution < -0.4 is 0 Å². The maximum atomic E-state index is 13.2. The van der Waals surface area contributed by atoms with E-state index in [0.717, 1.165) is 23.2 Å². The fraction of sp³-hybridized carbons (Fsp3) is 0.312. The van der Waals surface area contributed by atoms with E-state index in [1.54, 1.807) is 6.07 Å². The third kappa shape index (κ3) is 2.61. The van der Waals surface area contributed by atoms with Crippen molar-refractivity contribution in [3.8, 4) is 0 Å². The molecule has 0 aliphatic carbocycles. The zero-order valence-corrected chi connectivity index (χ0v) is 13.2. The monoisotopic (exact) mass is 330 g/mol. The summed E-state index contributed by atoms with van der Waals surface area (Å²) in [7, 11) is 0. The fourth-order valence-corrected chi connectivity index (χ4v) is 3.75. The van der Waals surface area contributed by atoms with E-state index in [1.165, 1.54) is 23.5 Å². The molecule has 0 unspecified atom stereocenters. The number of hydrogen-bond acceptors (Lipinski definition) is 4. The summed E-state index contributed by atoms with van der Waals surface area (Å²) in [4.78, 5) is 15.0. The Morgan fingerprint density at radius 1 is 1.26 bits per heavy atom. The van der Waals surface area contributed by atoms with Gasteiger partial charge in [0.1, 0.15) is 11.3 Å². The number of hydrogen-bond donors (Lipinski definition) is 0. The predicted octanol–water partition coefficient (Wildman–Crippen LogP) is 3.11. The normalized spacial score (nSPS) is 16.1. The standard InChI is InChI=1S/C16H15FN4OS/c17-11-3-4-14-13(10-11)18-19-21(14)12-5-7-20(8-6-12)16(22)15-2-1-9-23-15/h1-4,9-10,12H,5-8H2. The lowest BCUT2D eigenvalue weighted by molar-refractivity contribution is 0.0696. The van der Waals surface area contributed by atoms with Gasteiger partial charge in [0.2, 0.25) is 0 Å². The van der Waals surface area contributed by atoms with Crippen LogP contribution in [0, 0.1) is 5.82 Å². The second-order valence-corrected chi connectivity index (χ2v) is 6.62. The summed E-state index contributed by atoms with van der Waals surface area (Å²) < 4.78 is 15.1. The van der Waals surface area contributed by atoms with Gasteiger partial charge in [-0.2, -0.15) is 0 Å². The molecule has 0 atom stereocenters. The molecule has 1 saturated heterocycles. The molecule has 0 bridgehead atoms. The van der Waals surface area contributed by atoms with Crippen molar-refractivity contribution in [1.82, 2.24) is 19.9 Å². The van der Waals surface area contributed by atoms with E-state index in [9.17, 15) is 9.18 Å². The van der Waals surface area contributed by atoms with Gasteiger partial charge in [-0.25, -0.2) is 9.07 Å². The highest BCUT2D eigenvalue weighted by Gasteiger charge is 2.26. The van der Waals surface area contributed by atoms with Crippen molar-refractivity contribution in [2.24, 2.45) is 0 Å². The number of piperidine rings is 1. The number of amides is 1. The van der Waals surface area contributed by atoms with Gasteiger partial charge >= 0.3 is 0 Å². The lowest BCUT2D eigenvalue weighted by Gasteiger charge is -2.31. The Balaban J connectivity index is 1.49. The number of fused-ring (bicyclic) bond motifs is 1. The Bertz CT molecular complexity index is 837. The van der Waals surface area contributed by atoms with E-state index in [-0.39, 0.29) is 17.8 Å². The van der Waals surface area contributed by atoms with Crippen LogP contribution in [0.5, 0.6) is 0 Å². The third-order valence-electron chi connectivity index (χ3n) is 4.26. The minimum atomic E-state index is -0.305. The summed E-state index contributed by atoms with van der Waals surface area (Å²) >= 11 is 1.47. The Morgan fingerprint density at radius 2 is 2.09 bits per heavy atom. The molecule has 5 nitrogen and oxygen atoms in total. The van der Waals surface area contributed by atoms with Crippen molar-refractivity contribution in [1.29, 1.82) is 0 Å². The number of rotatable bonds is 2. The molecule has 1 aliphatic rings. The molecule has 23 heavy (non-hydrogen) atoms. The average molecular weight is 330 g/mol. The second kappa shape index (κ2) is 5.73. The van der Waals surface area contributed by atoms with E-state index < -0.39 is 0 Å². The molecular weight excluding hydrogens is 315 g/mol. The Kier molecular flexibility index (Phi) is 3.57. The molecule has 0 saturated carbocycles. The highest BCUT2D eigenvalue weighted by molar-refractivity contribution is 7.12. The molecule has 2 aromatic heterocycles. The van der Waals surface area contributed by atoms with E-state index in [1.807, 2.05) is 27.1 Å². The van der Waals surface area contributed by atoms with Crippen molar-refractivity contribution in [2.75, 3.05) is 13.1 Å². The molecule has 1 amide bonds. The summed E-state index contributed by atoms with van der Waals surface area (Å²) in [6, 6.07) is 8.49. The van der Waals surface area contributed by atoms with Gasteiger partial charge in [-0.15, -0.1) is 16.4 Å². The number of thiophene rings is 1. The molecule has 0 radical (unpaired) electrons. The molecule has 3 aromatic rings.